The van der Waals surface area contributed by atoms with Gasteiger partial charge < -0.3 is 14.8 Å². The standard InChI is InChI=1S/C16H21F3NO2P/c1-4-21-23(3,22-5-2)11-7-6-8-13-12-14(20)9-10-15(13)16(17,18)19/h9-10,12H,3-5,7,11,20H2,1-2H3. The smallest absolute Gasteiger partial charge is 0.399 e. The monoisotopic (exact) mass is 347 g/mol. The van der Waals surface area contributed by atoms with Crippen molar-refractivity contribution >= 4 is 19.3 Å². The molecular formula is C16H21F3NO2P. The van der Waals surface area contributed by atoms with Crippen LogP contribution in [0.1, 0.15) is 31.4 Å². The molecule has 0 aliphatic rings. The number of rotatable bonds is 6. The van der Waals surface area contributed by atoms with E-state index in [0.717, 1.165) is 6.07 Å². The van der Waals surface area contributed by atoms with E-state index in [0.29, 0.717) is 25.8 Å². The SMILES string of the molecule is C=P(CCC#Cc1cc(N)ccc1C(F)(F)F)(OCC)OCC. The molecule has 0 aliphatic carbocycles. The molecule has 23 heavy (non-hydrogen) atoms. The second-order valence-corrected chi connectivity index (χ2v) is 7.32. The zero-order valence-corrected chi connectivity index (χ0v) is 14.1. The Morgan fingerprint density at radius 2 is 1.83 bits per heavy atom. The second-order valence-electron chi connectivity index (χ2n) is 4.73. The summed E-state index contributed by atoms with van der Waals surface area (Å²) in [4.78, 5) is 0. The van der Waals surface area contributed by atoms with E-state index in [2.05, 4.69) is 18.1 Å². The maximum absolute atomic E-state index is 12.9. The van der Waals surface area contributed by atoms with Gasteiger partial charge in [-0.25, -0.2) is 0 Å². The van der Waals surface area contributed by atoms with Crippen molar-refractivity contribution in [3.63, 3.8) is 0 Å². The van der Waals surface area contributed by atoms with Crippen molar-refractivity contribution in [2.24, 2.45) is 0 Å². The van der Waals surface area contributed by atoms with E-state index in [1.165, 1.54) is 12.1 Å². The summed E-state index contributed by atoms with van der Waals surface area (Å²) in [6.07, 6.45) is 0.303. The molecule has 128 valence electrons. The van der Waals surface area contributed by atoms with E-state index in [1.807, 2.05) is 13.8 Å². The molecule has 0 saturated heterocycles. The summed E-state index contributed by atoms with van der Waals surface area (Å²) >= 11 is 0. The van der Waals surface area contributed by atoms with Crippen LogP contribution in [0.15, 0.2) is 18.2 Å². The van der Waals surface area contributed by atoms with E-state index in [-0.39, 0.29) is 11.3 Å². The minimum atomic E-state index is -4.46. The van der Waals surface area contributed by atoms with Crippen LogP contribution in [0.3, 0.4) is 0 Å². The van der Waals surface area contributed by atoms with Crippen LogP contribution in [0.2, 0.25) is 0 Å². The number of nitrogen functional groups attached to an aromatic ring is 1. The molecule has 7 heteroatoms. The molecular weight excluding hydrogens is 326 g/mol. The van der Waals surface area contributed by atoms with Crippen LogP contribution in [0.5, 0.6) is 0 Å². The number of benzene rings is 1. The summed E-state index contributed by atoms with van der Waals surface area (Å²) in [7, 11) is -2.24. The lowest BCUT2D eigenvalue weighted by Gasteiger charge is -2.22. The van der Waals surface area contributed by atoms with Crippen LogP contribution in [-0.2, 0) is 15.2 Å². The summed E-state index contributed by atoms with van der Waals surface area (Å²) < 4.78 is 49.8. The number of nitrogens with two attached hydrogens (primary N) is 1. The predicted molar refractivity (Wildman–Crippen MR) is 89.5 cm³/mol. The number of halogens is 3. The third kappa shape index (κ3) is 6.31. The second kappa shape index (κ2) is 8.44. The fraction of sp³-hybridized carbons (Fsp3) is 0.438. The van der Waals surface area contributed by atoms with Crippen molar-refractivity contribution in [3.05, 3.63) is 29.3 Å². The zero-order valence-electron chi connectivity index (χ0n) is 13.2. The average molecular weight is 347 g/mol. The molecule has 0 atom stereocenters. The lowest BCUT2D eigenvalue weighted by Crippen LogP contribution is -2.08. The van der Waals surface area contributed by atoms with Gasteiger partial charge in [0, 0.05) is 23.8 Å². The summed E-state index contributed by atoms with van der Waals surface area (Å²) in [5.41, 5.74) is 4.87. The quantitative estimate of drug-likeness (QED) is 0.472. The van der Waals surface area contributed by atoms with Gasteiger partial charge in [-0.3, -0.25) is 0 Å². The lowest BCUT2D eigenvalue weighted by molar-refractivity contribution is -0.137. The molecule has 1 aromatic rings. The van der Waals surface area contributed by atoms with Crippen molar-refractivity contribution in [3.8, 4) is 11.8 Å². The van der Waals surface area contributed by atoms with Crippen molar-refractivity contribution < 1.29 is 22.2 Å². The summed E-state index contributed by atoms with van der Waals surface area (Å²) in [5.74, 6) is 5.28. The molecule has 1 aromatic carbocycles. The third-order valence-electron chi connectivity index (χ3n) is 2.88. The minimum absolute atomic E-state index is 0.127. The Morgan fingerprint density at radius 3 is 2.35 bits per heavy atom. The molecule has 0 amide bonds. The lowest BCUT2D eigenvalue weighted by atomic mass is 10.1. The van der Waals surface area contributed by atoms with E-state index in [4.69, 9.17) is 14.8 Å². The molecule has 0 heterocycles. The molecule has 0 radical (unpaired) electrons. The number of hydrogen-bond donors (Lipinski definition) is 1. The van der Waals surface area contributed by atoms with E-state index < -0.39 is 19.1 Å². The Kier molecular flexibility index (Phi) is 7.21. The molecule has 0 saturated carbocycles. The first-order valence-electron chi connectivity index (χ1n) is 7.19. The molecule has 0 unspecified atom stereocenters. The normalized spacial score (nSPS) is 11.9. The van der Waals surface area contributed by atoms with Gasteiger partial charge in [0.1, 0.15) is 7.34 Å². The average Bonchev–Trinajstić information content (AvgIpc) is 2.43. The number of hydrogen-bond acceptors (Lipinski definition) is 3. The van der Waals surface area contributed by atoms with Crippen LogP contribution in [0.4, 0.5) is 18.9 Å². The highest BCUT2D eigenvalue weighted by atomic mass is 31.2. The fourth-order valence-corrected chi connectivity index (χ4v) is 3.66. The molecule has 0 aliphatic heterocycles. The van der Waals surface area contributed by atoms with E-state index in [9.17, 15) is 13.2 Å². The van der Waals surface area contributed by atoms with E-state index >= 15 is 0 Å². The topological polar surface area (TPSA) is 44.5 Å². The Balaban J connectivity index is 2.88. The van der Waals surface area contributed by atoms with Crippen molar-refractivity contribution in [1.82, 2.24) is 0 Å². The highest BCUT2D eigenvalue weighted by Gasteiger charge is 2.32. The number of alkyl halides is 3. The highest BCUT2D eigenvalue weighted by Crippen LogP contribution is 2.47. The zero-order chi connectivity index (χ0) is 17.5. The summed E-state index contributed by atoms with van der Waals surface area (Å²) in [6.45, 7) is 4.62. The largest absolute Gasteiger partial charge is 0.417 e. The first-order valence-corrected chi connectivity index (χ1v) is 9.18. The molecule has 0 fully saturated rings. The van der Waals surface area contributed by atoms with Gasteiger partial charge in [-0.05, 0) is 32.0 Å². The van der Waals surface area contributed by atoms with Gasteiger partial charge in [0.05, 0.1) is 18.8 Å². The van der Waals surface area contributed by atoms with E-state index in [1.54, 1.807) is 0 Å². The first kappa shape index (κ1) is 19.6. The number of anilines is 1. The Labute approximate surface area is 135 Å². The van der Waals surface area contributed by atoms with Gasteiger partial charge in [0.25, 0.3) is 0 Å². The molecule has 0 spiro atoms. The van der Waals surface area contributed by atoms with Gasteiger partial charge in [-0.1, -0.05) is 18.1 Å². The van der Waals surface area contributed by atoms with Crippen LogP contribution in [0.25, 0.3) is 0 Å². The van der Waals surface area contributed by atoms with Crippen molar-refractivity contribution in [2.75, 3.05) is 25.1 Å². The van der Waals surface area contributed by atoms with Gasteiger partial charge in [-0.2, -0.15) is 13.2 Å². The third-order valence-corrected chi connectivity index (χ3v) is 5.24. The molecule has 0 bridgehead atoms. The van der Waals surface area contributed by atoms with Gasteiger partial charge >= 0.3 is 6.18 Å². The molecule has 0 aromatic heterocycles. The summed E-state index contributed by atoms with van der Waals surface area (Å²) in [6, 6.07) is 3.39. The van der Waals surface area contributed by atoms with Gasteiger partial charge in [0.15, 0.2) is 0 Å². The van der Waals surface area contributed by atoms with Crippen LogP contribution in [0, 0.1) is 11.8 Å². The van der Waals surface area contributed by atoms with Crippen LogP contribution >= 0.6 is 7.34 Å². The first-order chi connectivity index (χ1) is 10.7. The van der Waals surface area contributed by atoms with Crippen molar-refractivity contribution in [2.45, 2.75) is 26.4 Å². The van der Waals surface area contributed by atoms with Crippen LogP contribution < -0.4 is 5.73 Å². The van der Waals surface area contributed by atoms with Crippen LogP contribution in [-0.4, -0.2) is 25.7 Å². The minimum Gasteiger partial charge on any atom is -0.399 e. The predicted octanol–water partition coefficient (Wildman–Crippen LogP) is 4.38. The maximum Gasteiger partial charge on any atom is 0.417 e. The molecule has 1 rings (SSSR count). The van der Waals surface area contributed by atoms with Gasteiger partial charge in [-0.15, -0.1) is 0 Å². The Morgan fingerprint density at radius 1 is 1.22 bits per heavy atom. The van der Waals surface area contributed by atoms with Crippen molar-refractivity contribution in [1.29, 1.82) is 0 Å². The summed E-state index contributed by atoms with van der Waals surface area (Å²) in [5, 5.41) is 0. The van der Waals surface area contributed by atoms with Gasteiger partial charge in [0.2, 0.25) is 0 Å². The Bertz CT molecular complexity index is 622. The molecule has 2 N–H and O–H groups in total. The Hall–Kier alpha value is -1.41. The molecule has 3 nitrogen and oxygen atoms in total. The fourth-order valence-electron chi connectivity index (χ4n) is 1.93. The maximum atomic E-state index is 12.9. The highest BCUT2D eigenvalue weighted by molar-refractivity contribution is 7.64.